The first-order valence-electron chi connectivity index (χ1n) is 15.3. The molecular formula is C39H28F4O6S2. The third kappa shape index (κ3) is 6.84. The van der Waals surface area contributed by atoms with E-state index in [0.717, 1.165) is 35.4 Å². The molecule has 12 heteroatoms. The molecule has 260 valence electrons. The maximum absolute atomic E-state index is 16.0. The highest BCUT2D eigenvalue weighted by atomic mass is 32.2. The Morgan fingerprint density at radius 2 is 0.725 bits per heavy atom. The van der Waals surface area contributed by atoms with Gasteiger partial charge in [-0.3, -0.25) is 0 Å². The Kier molecular flexibility index (Phi) is 9.49. The third-order valence-corrected chi connectivity index (χ3v) is 10.8. The van der Waals surface area contributed by atoms with Crippen molar-refractivity contribution in [1.29, 1.82) is 0 Å². The van der Waals surface area contributed by atoms with E-state index < -0.39 is 60.4 Å². The lowest BCUT2D eigenvalue weighted by Crippen LogP contribution is -2.32. The predicted molar refractivity (Wildman–Crippen MR) is 183 cm³/mol. The van der Waals surface area contributed by atoms with Crippen molar-refractivity contribution in [3.8, 4) is 11.5 Å². The van der Waals surface area contributed by atoms with Gasteiger partial charge in [0.15, 0.2) is 23.3 Å². The van der Waals surface area contributed by atoms with Gasteiger partial charge in [0.1, 0.15) is 9.79 Å². The Labute approximate surface area is 292 Å². The molecule has 0 unspecified atom stereocenters. The number of benzene rings is 6. The van der Waals surface area contributed by atoms with E-state index in [2.05, 4.69) is 0 Å². The van der Waals surface area contributed by atoms with Crippen molar-refractivity contribution >= 4 is 20.2 Å². The van der Waals surface area contributed by atoms with Gasteiger partial charge in [-0.1, -0.05) is 96.1 Å². The summed E-state index contributed by atoms with van der Waals surface area (Å²) in [7, 11) is -9.35. The van der Waals surface area contributed by atoms with Crippen LogP contribution in [0.15, 0.2) is 143 Å². The van der Waals surface area contributed by atoms with E-state index in [1.54, 1.807) is 74.5 Å². The quantitative estimate of drug-likeness (QED) is 0.0796. The molecule has 0 saturated carbocycles. The number of hydrogen-bond acceptors (Lipinski definition) is 6. The van der Waals surface area contributed by atoms with Gasteiger partial charge in [0.25, 0.3) is 0 Å². The van der Waals surface area contributed by atoms with Crippen molar-refractivity contribution in [3.63, 3.8) is 0 Å². The highest BCUT2D eigenvalue weighted by molar-refractivity contribution is 7.87. The monoisotopic (exact) mass is 732 g/mol. The maximum Gasteiger partial charge on any atom is 0.339 e. The molecule has 0 saturated heterocycles. The fourth-order valence-electron chi connectivity index (χ4n) is 5.81. The summed E-state index contributed by atoms with van der Waals surface area (Å²) in [4.78, 5) is -0.673. The summed E-state index contributed by atoms with van der Waals surface area (Å²) in [5, 5.41) is 0. The van der Waals surface area contributed by atoms with Crippen LogP contribution in [0.25, 0.3) is 0 Å². The maximum atomic E-state index is 16.0. The average Bonchev–Trinajstić information content (AvgIpc) is 3.10. The SMILES string of the molecule is Cc1ccc(S(=O)(=O)Oc2c(F)cc(C(c3ccccc3)(c3ccccc3)c3cc(F)c(OS(=O)(=O)c4ccc(C)cc4)c(F)c3)cc2F)cc1. The molecule has 0 amide bonds. The van der Waals surface area contributed by atoms with Crippen molar-refractivity contribution in [1.82, 2.24) is 0 Å². The van der Waals surface area contributed by atoms with Gasteiger partial charge in [-0.25, -0.2) is 17.6 Å². The van der Waals surface area contributed by atoms with E-state index in [1.807, 2.05) is 0 Å². The second kappa shape index (κ2) is 13.7. The minimum Gasteiger partial charge on any atom is -0.373 e. The molecule has 0 aromatic heterocycles. The Hall–Kier alpha value is -5.46. The molecule has 0 heterocycles. The summed E-state index contributed by atoms with van der Waals surface area (Å²) in [6.45, 7) is 3.46. The van der Waals surface area contributed by atoms with Crippen molar-refractivity contribution in [2.24, 2.45) is 0 Å². The van der Waals surface area contributed by atoms with E-state index in [-0.39, 0.29) is 20.9 Å². The summed E-state index contributed by atoms with van der Waals surface area (Å²) < 4.78 is 126. The van der Waals surface area contributed by atoms with Crippen LogP contribution < -0.4 is 8.37 Å². The molecule has 0 fully saturated rings. The third-order valence-electron chi connectivity index (χ3n) is 8.28. The first-order chi connectivity index (χ1) is 24.2. The Balaban J connectivity index is 1.55. The number of halogens is 4. The van der Waals surface area contributed by atoms with Crippen molar-refractivity contribution in [3.05, 3.63) is 190 Å². The lowest BCUT2D eigenvalue weighted by Gasteiger charge is -2.37. The van der Waals surface area contributed by atoms with Crippen LogP contribution in [-0.4, -0.2) is 16.8 Å². The van der Waals surface area contributed by atoms with Gasteiger partial charge in [0.05, 0.1) is 5.41 Å². The highest BCUT2D eigenvalue weighted by Gasteiger charge is 2.41. The second-order valence-corrected chi connectivity index (χ2v) is 14.8. The summed E-state index contributed by atoms with van der Waals surface area (Å²) in [5.74, 6) is -8.08. The first kappa shape index (κ1) is 35.4. The van der Waals surface area contributed by atoms with E-state index >= 15 is 17.6 Å². The molecule has 0 spiro atoms. The minimum atomic E-state index is -4.68. The van der Waals surface area contributed by atoms with Crippen LogP contribution in [0.1, 0.15) is 33.4 Å². The molecule has 0 aliphatic carbocycles. The van der Waals surface area contributed by atoms with Crippen LogP contribution in [0.4, 0.5) is 17.6 Å². The normalized spacial score (nSPS) is 12.0. The zero-order valence-corrected chi connectivity index (χ0v) is 28.6. The molecule has 0 aliphatic rings. The summed E-state index contributed by atoms with van der Waals surface area (Å²) in [6.07, 6.45) is 0. The van der Waals surface area contributed by atoms with E-state index in [9.17, 15) is 16.8 Å². The van der Waals surface area contributed by atoms with Gasteiger partial charge in [0.2, 0.25) is 11.5 Å². The molecule has 0 atom stereocenters. The van der Waals surface area contributed by atoms with Crippen LogP contribution >= 0.6 is 0 Å². The molecule has 0 bridgehead atoms. The smallest absolute Gasteiger partial charge is 0.339 e. The predicted octanol–water partition coefficient (Wildman–Crippen LogP) is 8.78. The van der Waals surface area contributed by atoms with Crippen LogP contribution in [0.2, 0.25) is 0 Å². The van der Waals surface area contributed by atoms with E-state index in [1.165, 1.54) is 48.5 Å². The van der Waals surface area contributed by atoms with Gasteiger partial charge in [-0.2, -0.15) is 16.8 Å². The first-order valence-corrected chi connectivity index (χ1v) is 18.2. The number of aryl methyl sites for hydroxylation is 2. The summed E-state index contributed by atoms with van der Waals surface area (Å²) in [5.41, 5.74) is -0.173. The highest BCUT2D eigenvalue weighted by Crippen LogP contribution is 2.48. The molecule has 0 aliphatic heterocycles. The lowest BCUT2D eigenvalue weighted by atomic mass is 9.65. The largest absolute Gasteiger partial charge is 0.373 e. The minimum absolute atomic E-state index is 0.199. The van der Waals surface area contributed by atoms with Gasteiger partial charge >= 0.3 is 20.2 Å². The van der Waals surface area contributed by atoms with Crippen molar-refractivity contribution in [2.45, 2.75) is 29.1 Å². The van der Waals surface area contributed by atoms with E-state index in [4.69, 9.17) is 8.37 Å². The molecule has 6 rings (SSSR count). The van der Waals surface area contributed by atoms with Crippen LogP contribution in [-0.2, 0) is 25.7 Å². The molecular weight excluding hydrogens is 705 g/mol. The Bertz CT molecular complexity index is 2220. The van der Waals surface area contributed by atoms with Crippen molar-refractivity contribution in [2.75, 3.05) is 0 Å². The standard InChI is InChI=1S/C39H28F4O6S2/c1-25-13-17-31(18-14-25)50(44,45)48-37-33(40)21-29(22-34(37)41)39(27-9-5-3-6-10-27,28-11-7-4-8-12-28)30-23-35(42)38(36(43)24-30)49-51(46,47)32-19-15-26(2)16-20-32/h3-24H,1-2H3. The second-order valence-electron chi connectivity index (χ2n) is 11.7. The summed E-state index contributed by atoms with van der Waals surface area (Å²) in [6, 6.07) is 30.3. The number of hydrogen-bond donors (Lipinski definition) is 0. The zero-order valence-electron chi connectivity index (χ0n) is 27.0. The number of rotatable bonds is 10. The zero-order chi connectivity index (χ0) is 36.6. The van der Waals surface area contributed by atoms with Gasteiger partial charge < -0.3 is 8.37 Å². The molecule has 51 heavy (non-hydrogen) atoms. The van der Waals surface area contributed by atoms with Crippen LogP contribution in [0.5, 0.6) is 11.5 Å². The van der Waals surface area contributed by atoms with Gasteiger partial charge in [-0.05, 0) is 84.6 Å². The Morgan fingerprint density at radius 3 is 1.02 bits per heavy atom. The van der Waals surface area contributed by atoms with Crippen LogP contribution in [0.3, 0.4) is 0 Å². The molecule has 6 nitrogen and oxygen atoms in total. The molecule has 6 aromatic carbocycles. The van der Waals surface area contributed by atoms with Crippen LogP contribution in [0, 0.1) is 37.1 Å². The Morgan fingerprint density at radius 1 is 0.431 bits per heavy atom. The van der Waals surface area contributed by atoms with Crippen molar-refractivity contribution < 1.29 is 42.8 Å². The topological polar surface area (TPSA) is 86.7 Å². The fraction of sp³-hybridized carbons (Fsp3) is 0.0769. The summed E-state index contributed by atoms with van der Waals surface area (Å²) >= 11 is 0. The molecule has 0 N–H and O–H groups in total. The average molecular weight is 733 g/mol. The van der Waals surface area contributed by atoms with Gasteiger partial charge in [0, 0.05) is 0 Å². The molecule has 6 aromatic rings. The van der Waals surface area contributed by atoms with E-state index in [0.29, 0.717) is 11.1 Å². The fourth-order valence-corrected chi connectivity index (χ4v) is 7.70. The van der Waals surface area contributed by atoms with Gasteiger partial charge in [-0.15, -0.1) is 0 Å². The molecule has 0 radical (unpaired) electrons. The lowest BCUT2D eigenvalue weighted by molar-refractivity contribution is 0.430.